The summed E-state index contributed by atoms with van der Waals surface area (Å²) in [7, 11) is 1.93. The quantitative estimate of drug-likeness (QED) is 0.904. The first-order valence-corrected chi connectivity index (χ1v) is 7.20. The maximum absolute atomic E-state index is 9.40. The fraction of sp³-hybridized carbons (Fsp3) is 0.562. The molecule has 0 spiro atoms. The molecule has 2 rings (SSSR count). The Kier molecular flexibility index (Phi) is 4.81. The van der Waals surface area contributed by atoms with Crippen LogP contribution < -0.4 is 10.2 Å². The van der Waals surface area contributed by atoms with E-state index >= 15 is 0 Å². The highest BCUT2D eigenvalue weighted by molar-refractivity contribution is 5.61. The van der Waals surface area contributed by atoms with E-state index in [0.717, 1.165) is 24.3 Å². The zero-order valence-corrected chi connectivity index (χ0v) is 11.9. The van der Waals surface area contributed by atoms with Gasteiger partial charge in [0.25, 0.3) is 0 Å². The molecule has 1 fully saturated rings. The summed E-state index contributed by atoms with van der Waals surface area (Å²) in [6, 6.07) is 9.16. The molecule has 1 aliphatic heterocycles. The summed E-state index contributed by atoms with van der Waals surface area (Å²) in [5.41, 5.74) is 3.09. The van der Waals surface area contributed by atoms with Crippen LogP contribution in [0.5, 0.6) is 0 Å². The van der Waals surface area contributed by atoms with Gasteiger partial charge in [0.15, 0.2) is 0 Å². The molecule has 0 aliphatic carbocycles. The van der Waals surface area contributed by atoms with Crippen LogP contribution in [0.3, 0.4) is 0 Å². The molecule has 19 heavy (non-hydrogen) atoms. The monoisotopic (exact) mass is 257 g/mol. The minimum atomic E-state index is 0.532. The van der Waals surface area contributed by atoms with Crippen molar-refractivity contribution >= 4 is 5.69 Å². The number of nitrogens with one attached hydrogen (secondary N) is 1. The lowest BCUT2D eigenvalue weighted by Gasteiger charge is -2.30. The van der Waals surface area contributed by atoms with Gasteiger partial charge in [-0.2, -0.15) is 5.26 Å². The topological polar surface area (TPSA) is 39.1 Å². The Morgan fingerprint density at radius 2 is 2.21 bits per heavy atom. The highest BCUT2D eigenvalue weighted by Gasteiger charge is 2.19. The number of anilines is 1. The summed E-state index contributed by atoms with van der Waals surface area (Å²) in [5.74, 6) is 0. The van der Waals surface area contributed by atoms with Crippen molar-refractivity contribution in [1.82, 2.24) is 5.32 Å². The predicted molar refractivity (Wildman–Crippen MR) is 79.2 cm³/mol. The van der Waals surface area contributed by atoms with Crippen molar-refractivity contribution in [3.63, 3.8) is 0 Å². The molecule has 1 aromatic rings. The van der Waals surface area contributed by atoms with E-state index in [1.165, 1.54) is 31.2 Å². The number of nitriles is 1. The van der Waals surface area contributed by atoms with E-state index in [1.54, 1.807) is 0 Å². The first kappa shape index (κ1) is 13.9. The summed E-state index contributed by atoms with van der Waals surface area (Å²) >= 11 is 0. The molecule has 1 aromatic carbocycles. The zero-order valence-electron chi connectivity index (χ0n) is 11.9. The largest absolute Gasteiger partial charge is 0.368 e. The number of nitrogens with zero attached hydrogens (tertiary/aromatic N) is 2. The molecule has 0 bridgehead atoms. The smallest absolute Gasteiger partial charge is 0.101 e. The van der Waals surface area contributed by atoms with Crippen LogP contribution in [-0.4, -0.2) is 19.6 Å². The van der Waals surface area contributed by atoms with Crippen molar-refractivity contribution in [2.45, 2.75) is 45.2 Å². The second kappa shape index (κ2) is 6.58. The van der Waals surface area contributed by atoms with Gasteiger partial charge in [-0.1, -0.05) is 18.9 Å². The minimum Gasteiger partial charge on any atom is -0.368 e. The minimum absolute atomic E-state index is 0.532. The normalized spacial score (nSPS) is 19.8. The van der Waals surface area contributed by atoms with Gasteiger partial charge in [-0.05, 0) is 44.5 Å². The van der Waals surface area contributed by atoms with Crippen LogP contribution in [0.4, 0.5) is 5.69 Å². The van der Waals surface area contributed by atoms with Crippen molar-refractivity contribution in [1.29, 1.82) is 5.26 Å². The Morgan fingerprint density at radius 1 is 1.37 bits per heavy atom. The van der Waals surface area contributed by atoms with Gasteiger partial charge in [-0.3, -0.25) is 0 Å². The van der Waals surface area contributed by atoms with Gasteiger partial charge >= 0.3 is 0 Å². The summed E-state index contributed by atoms with van der Waals surface area (Å²) in [6.07, 6.45) is 5.06. The van der Waals surface area contributed by atoms with E-state index in [2.05, 4.69) is 35.3 Å². The first-order chi connectivity index (χ1) is 9.26. The van der Waals surface area contributed by atoms with Crippen molar-refractivity contribution in [2.24, 2.45) is 0 Å². The third-order valence-corrected chi connectivity index (χ3v) is 3.92. The van der Waals surface area contributed by atoms with Gasteiger partial charge in [-0.25, -0.2) is 0 Å². The molecular formula is C16H23N3. The highest BCUT2D eigenvalue weighted by Crippen LogP contribution is 2.27. The van der Waals surface area contributed by atoms with Crippen LogP contribution in [0, 0.1) is 11.3 Å². The van der Waals surface area contributed by atoms with Gasteiger partial charge in [0.05, 0.1) is 11.3 Å². The van der Waals surface area contributed by atoms with Gasteiger partial charge in [0.2, 0.25) is 0 Å². The second-order valence-corrected chi connectivity index (χ2v) is 5.39. The molecule has 3 nitrogen and oxygen atoms in total. The molecule has 3 heteroatoms. The van der Waals surface area contributed by atoms with Crippen LogP contribution in [-0.2, 0) is 6.54 Å². The van der Waals surface area contributed by atoms with E-state index < -0.39 is 0 Å². The van der Waals surface area contributed by atoms with E-state index in [0.29, 0.717) is 6.04 Å². The lowest BCUT2D eigenvalue weighted by molar-refractivity contribution is 0.615. The van der Waals surface area contributed by atoms with Crippen molar-refractivity contribution in [2.75, 3.05) is 18.5 Å². The SMILES string of the molecule is CNCc1ccc(N2CCCCCC2C)c(C#N)c1. The van der Waals surface area contributed by atoms with E-state index in [-0.39, 0.29) is 0 Å². The van der Waals surface area contributed by atoms with Crippen molar-refractivity contribution < 1.29 is 0 Å². The summed E-state index contributed by atoms with van der Waals surface area (Å²) in [6.45, 7) is 4.15. The third-order valence-electron chi connectivity index (χ3n) is 3.92. The average Bonchev–Trinajstić information content (AvgIpc) is 2.64. The second-order valence-electron chi connectivity index (χ2n) is 5.39. The number of hydrogen-bond acceptors (Lipinski definition) is 3. The van der Waals surface area contributed by atoms with Crippen LogP contribution in [0.1, 0.15) is 43.7 Å². The summed E-state index contributed by atoms with van der Waals surface area (Å²) in [4.78, 5) is 2.41. The lowest BCUT2D eigenvalue weighted by Crippen LogP contribution is -2.33. The van der Waals surface area contributed by atoms with Crippen molar-refractivity contribution in [3.8, 4) is 6.07 Å². The Hall–Kier alpha value is -1.53. The zero-order chi connectivity index (χ0) is 13.7. The number of hydrogen-bond donors (Lipinski definition) is 1. The highest BCUT2D eigenvalue weighted by atomic mass is 15.2. The standard InChI is InChI=1S/C16H23N3/c1-13-6-4-3-5-9-19(13)16-8-7-14(12-18-2)10-15(16)11-17/h7-8,10,13,18H,3-6,9,12H2,1-2H3. The van der Waals surface area contributed by atoms with E-state index in [9.17, 15) is 5.26 Å². The fourth-order valence-electron chi connectivity index (χ4n) is 2.87. The van der Waals surface area contributed by atoms with Crippen LogP contribution in [0.15, 0.2) is 18.2 Å². The molecule has 0 amide bonds. The molecule has 0 aromatic heterocycles. The maximum Gasteiger partial charge on any atom is 0.101 e. The molecule has 102 valence electrons. The van der Waals surface area contributed by atoms with Crippen LogP contribution in [0.2, 0.25) is 0 Å². The van der Waals surface area contributed by atoms with E-state index in [1.807, 2.05) is 13.1 Å². The van der Waals surface area contributed by atoms with Gasteiger partial charge in [-0.15, -0.1) is 0 Å². The van der Waals surface area contributed by atoms with Crippen LogP contribution in [0.25, 0.3) is 0 Å². The molecule has 1 N–H and O–H groups in total. The Morgan fingerprint density at radius 3 is 2.95 bits per heavy atom. The van der Waals surface area contributed by atoms with Gasteiger partial charge in [0, 0.05) is 19.1 Å². The number of benzene rings is 1. The van der Waals surface area contributed by atoms with Crippen LogP contribution >= 0.6 is 0 Å². The van der Waals surface area contributed by atoms with Gasteiger partial charge in [0.1, 0.15) is 6.07 Å². The molecule has 0 saturated carbocycles. The molecule has 0 radical (unpaired) electrons. The molecular weight excluding hydrogens is 234 g/mol. The molecule has 1 aliphatic rings. The Labute approximate surface area is 116 Å². The van der Waals surface area contributed by atoms with E-state index in [4.69, 9.17) is 0 Å². The molecule has 1 atom stereocenters. The molecule has 1 heterocycles. The summed E-state index contributed by atoms with van der Waals surface area (Å²) in [5, 5.41) is 12.5. The number of rotatable bonds is 3. The average molecular weight is 257 g/mol. The Bertz CT molecular complexity index is 462. The van der Waals surface area contributed by atoms with Crippen molar-refractivity contribution in [3.05, 3.63) is 29.3 Å². The molecule has 1 unspecified atom stereocenters. The summed E-state index contributed by atoms with van der Waals surface area (Å²) < 4.78 is 0. The molecule has 1 saturated heterocycles. The van der Waals surface area contributed by atoms with Gasteiger partial charge < -0.3 is 10.2 Å². The Balaban J connectivity index is 2.30. The maximum atomic E-state index is 9.40. The third kappa shape index (κ3) is 3.27. The first-order valence-electron chi connectivity index (χ1n) is 7.20. The lowest BCUT2D eigenvalue weighted by atomic mass is 10.1. The predicted octanol–water partition coefficient (Wildman–Crippen LogP) is 3.05. The fourth-order valence-corrected chi connectivity index (χ4v) is 2.87.